The maximum absolute atomic E-state index is 13.8. The third-order valence-corrected chi connectivity index (χ3v) is 3.31. The minimum Gasteiger partial charge on any atom is -0.398 e. The molecule has 1 aromatic heterocycles. The molecule has 0 radical (unpaired) electrons. The summed E-state index contributed by atoms with van der Waals surface area (Å²) in [7, 11) is 0. The highest BCUT2D eigenvalue weighted by Gasteiger charge is 2.10. The first-order valence-electron chi connectivity index (χ1n) is 6.47. The van der Waals surface area contributed by atoms with Gasteiger partial charge in [0.2, 0.25) is 0 Å². The lowest BCUT2D eigenvalue weighted by atomic mass is 10.1. The van der Waals surface area contributed by atoms with Gasteiger partial charge in [0.05, 0.1) is 5.39 Å². The van der Waals surface area contributed by atoms with E-state index in [-0.39, 0.29) is 18.2 Å². The zero-order chi connectivity index (χ0) is 14.8. The fraction of sp³-hybridized carbons (Fsp3) is 0.0625. The molecule has 0 aliphatic heterocycles. The van der Waals surface area contributed by atoms with Crippen LogP contribution in [0.4, 0.5) is 20.3 Å². The van der Waals surface area contributed by atoms with Crippen molar-refractivity contribution in [3.05, 3.63) is 65.9 Å². The fourth-order valence-electron chi connectivity index (χ4n) is 2.24. The molecular weight excluding hydrogens is 272 g/mol. The van der Waals surface area contributed by atoms with Gasteiger partial charge in [-0.05, 0) is 24.3 Å². The SMILES string of the molecule is Nc1ccc(F)c2ccnc(NCc3ccccc3F)c12. The van der Waals surface area contributed by atoms with Crippen LogP contribution in [0.2, 0.25) is 0 Å². The minimum absolute atomic E-state index is 0.245. The quantitative estimate of drug-likeness (QED) is 0.721. The summed E-state index contributed by atoms with van der Waals surface area (Å²) in [4.78, 5) is 4.17. The molecule has 0 bridgehead atoms. The highest BCUT2D eigenvalue weighted by molar-refractivity contribution is 6.00. The van der Waals surface area contributed by atoms with Gasteiger partial charge in [0, 0.05) is 29.4 Å². The molecule has 3 nitrogen and oxygen atoms in total. The fourth-order valence-corrected chi connectivity index (χ4v) is 2.24. The van der Waals surface area contributed by atoms with E-state index >= 15 is 0 Å². The molecular formula is C16H13F2N3. The van der Waals surface area contributed by atoms with Crippen molar-refractivity contribution in [1.29, 1.82) is 0 Å². The largest absolute Gasteiger partial charge is 0.398 e. The van der Waals surface area contributed by atoms with Crippen LogP contribution in [0.5, 0.6) is 0 Å². The number of nitrogens with one attached hydrogen (secondary N) is 1. The first-order chi connectivity index (χ1) is 10.2. The van der Waals surface area contributed by atoms with Crippen LogP contribution < -0.4 is 11.1 Å². The molecule has 0 saturated heterocycles. The Labute approximate surface area is 120 Å². The molecule has 3 N–H and O–H groups in total. The van der Waals surface area contributed by atoms with Crippen molar-refractivity contribution < 1.29 is 8.78 Å². The predicted octanol–water partition coefficient (Wildman–Crippen LogP) is 3.71. The lowest BCUT2D eigenvalue weighted by molar-refractivity contribution is 0.613. The second-order valence-corrected chi connectivity index (χ2v) is 4.66. The smallest absolute Gasteiger partial charge is 0.136 e. The Morgan fingerprint density at radius 3 is 2.62 bits per heavy atom. The van der Waals surface area contributed by atoms with Crippen LogP contribution in [-0.4, -0.2) is 4.98 Å². The number of nitrogens with two attached hydrogens (primary N) is 1. The third-order valence-electron chi connectivity index (χ3n) is 3.31. The van der Waals surface area contributed by atoms with Gasteiger partial charge in [-0.2, -0.15) is 0 Å². The number of rotatable bonds is 3. The predicted molar refractivity (Wildman–Crippen MR) is 79.8 cm³/mol. The number of hydrogen-bond acceptors (Lipinski definition) is 3. The van der Waals surface area contributed by atoms with Gasteiger partial charge in [0.25, 0.3) is 0 Å². The Morgan fingerprint density at radius 1 is 1.00 bits per heavy atom. The molecule has 0 unspecified atom stereocenters. The van der Waals surface area contributed by atoms with E-state index in [0.29, 0.717) is 27.8 Å². The summed E-state index contributed by atoms with van der Waals surface area (Å²) in [6, 6.07) is 10.8. The Morgan fingerprint density at radius 2 is 1.81 bits per heavy atom. The van der Waals surface area contributed by atoms with Crippen LogP contribution in [0, 0.1) is 11.6 Å². The molecule has 3 aromatic rings. The van der Waals surface area contributed by atoms with E-state index in [4.69, 9.17) is 5.73 Å². The zero-order valence-electron chi connectivity index (χ0n) is 11.1. The molecule has 106 valence electrons. The summed E-state index contributed by atoms with van der Waals surface area (Å²) in [6.07, 6.45) is 1.49. The second-order valence-electron chi connectivity index (χ2n) is 4.66. The van der Waals surface area contributed by atoms with Gasteiger partial charge in [-0.1, -0.05) is 18.2 Å². The normalized spacial score (nSPS) is 10.8. The topological polar surface area (TPSA) is 50.9 Å². The van der Waals surface area contributed by atoms with E-state index in [1.165, 1.54) is 24.4 Å². The Bertz CT molecular complexity index is 803. The summed E-state index contributed by atoms with van der Waals surface area (Å²) in [6.45, 7) is 0.245. The van der Waals surface area contributed by atoms with Gasteiger partial charge < -0.3 is 11.1 Å². The van der Waals surface area contributed by atoms with Crippen LogP contribution in [0.1, 0.15) is 5.56 Å². The van der Waals surface area contributed by atoms with E-state index in [2.05, 4.69) is 10.3 Å². The molecule has 0 saturated carbocycles. The Hall–Kier alpha value is -2.69. The van der Waals surface area contributed by atoms with Crippen molar-refractivity contribution in [2.75, 3.05) is 11.1 Å². The Balaban J connectivity index is 1.98. The van der Waals surface area contributed by atoms with Crippen LogP contribution >= 0.6 is 0 Å². The van der Waals surface area contributed by atoms with Crippen LogP contribution in [0.25, 0.3) is 10.8 Å². The number of halogens is 2. The number of fused-ring (bicyclic) bond motifs is 1. The lowest BCUT2D eigenvalue weighted by Crippen LogP contribution is -2.05. The molecule has 0 fully saturated rings. The van der Waals surface area contributed by atoms with E-state index in [9.17, 15) is 8.78 Å². The zero-order valence-corrected chi connectivity index (χ0v) is 11.1. The van der Waals surface area contributed by atoms with Crippen molar-refractivity contribution in [2.24, 2.45) is 0 Å². The van der Waals surface area contributed by atoms with Crippen LogP contribution in [0.15, 0.2) is 48.7 Å². The molecule has 0 spiro atoms. The first kappa shape index (κ1) is 13.3. The highest BCUT2D eigenvalue weighted by atomic mass is 19.1. The summed E-state index contributed by atoms with van der Waals surface area (Å²) in [5.74, 6) is -0.229. The van der Waals surface area contributed by atoms with Crippen LogP contribution in [0.3, 0.4) is 0 Å². The van der Waals surface area contributed by atoms with Gasteiger partial charge >= 0.3 is 0 Å². The highest BCUT2D eigenvalue weighted by Crippen LogP contribution is 2.29. The maximum atomic E-state index is 13.8. The van der Waals surface area contributed by atoms with Crippen molar-refractivity contribution in [3.63, 3.8) is 0 Å². The van der Waals surface area contributed by atoms with E-state index in [1.807, 2.05) is 0 Å². The third kappa shape index (κ3) is 2.50. The van der Waals surface area contributed by atoms with Crippen LogP contribution in [-0.2, 0) is 6.54 Å². The number of anilines is 2. The summed E-state index contributed by atoms with van der Waals surface area (Å²) in [5.41, 5.74) is 6.84. The van der Waals surface area contributed by atoms with Crippen molar-refractivity contribution in [1.82, 2.24) is 4.98 Å². The summed E-state index contributed by atoms with van der Waals surface area (Å²) in [5, 5.41) is 3.91. The van der Waals surface area contributed by atoms with Gasteiger partial charge in [-0.3, -0.25) is 0 Å². The second kappa shape index (κ2) is 5.36. The monoisotopic (exact) mass is 285 g/mol. The Kier molecular flexibility index (Phi) is 3.39. The molecule has 0 aliphatic rings. The minimum atomic E-state index is -0.365. The molecule has 0 aliphatic carbocycles. The molecule has 1 heterocycles. The molecule has 0 amide bonds. The van der Waals surface area contributed by atoms with Crippen molar-refractivity contribution in [3.8, 4) is 0 Å². The summed E-state index contributed by atoms with van der Waals surface area (Å²) >= 11 is 0. The molecule has 2 aromatic carbocycles. The van der Waals surface area contributed by atoms with E-state index < -0.39 is 0 Å². The van der Waals surface area contributed by atoms with Gasteiger partial charge in [0.15, 0.2) is 0 Å². The van der Waals surface area contributed by atoms with Gasteiger partial charge in [-0.25, -0.2) is 13.8 Å². The number of benzene rings is 2. The molecule has 21 heavy (non-hydrogen) atoms. The summed E-state index contributed by atoms with van der Waals surface area (Å²) < 4.78 is 27.4. The molecule has 3 rings (SSSR count). The lowest BCUT2D eigenvalue weighted by Gasteiger charge is -2.11. The van der Waals surface area contributed by atoms with E-state index in [1.54, 1.807) is 24.3 Å². The van der Waals surface area contributed by atoms with Crippen molar-refractivity contribution >= 4 is 22.3 Å². The average molecular weight is 285 g/mol. The first-order valence-corrected chi connectivity index (χ1v) is 6.47. The number of aromatic nitrogens is 1. The maximum Gasteiger partial charge on any atom is 0.136 e. The standard InChI is InChI=1S/C16H13F2N3/c17-12-4-2-1-3-10(12)9-21-16-15-11(7-8-20-16)13(18)5-6-14(15)19/h1-8H,9,19H2,(H,20,21). The molecule has 0 atom stereocenters. The number of nitrogens with zero attached hydrogens (tertiary/aromatic N) is 1. The van der Waals surface area contributed by atoms with Gasteiger partial charge in [0.1, 0.15) is 17.5 Å². The average Bonchev–Trinajstić information content (AvgIpc) is 2.50. The number of hydrogen-bond donors (Lipinski definition) is 2. The number of nitrogen functional groups attached to an aromatic ring is 1. The molecule has 5 heteroatoms. The van der Waals surface area contributed by atoms with E-state index in [0.717, 1.165) is 0 Å². The van der Waals surface area contributed by atoms with Crippen molar-refractivity contribution in [2.45, 2.75) is 6.54 Å². The van der Waals surface area contributed by atoms with Gasteiger partial charge in [-0.15, -0.1) is 0 Å². The number of pyridine rings is 1.